The van der Waals surface area contributed by atoms with E-state index in [1.807, 2.05) is 31.2 Å². The molecule has 0 spiro atoms. The quantitative estimate of drug-likeness (QED) is 0.724. The normalized spacial score (nSPS) is 13.6. The van der Waals surface area contributed by atoms with Crippen LogP contribution in [0.5, 0.6) is 0 Å². The Hall–Kier alpha value is -1.69. The first-order valence-electron chi connectivity index (χ1n) is 8.25. The number of carbonyl (C=O) groups excluding carboxylic acids is 1. The fraction of sp³-hybridized carbons (Fsp3) is 0.421. The van der Waals surface area contributed by atoms with E-state index >= 15 is 0 Å². The summed E-state index contributed by atoms with van der Waals surface area (Å²) in [7, 11) is 0. The lowest BCUT2D eigenvalue weighted by Crippen LogP contribution is -2.31. The number of ether oxygens (including phenoxy) is 1. The van der Waals surface area contributed by atoms with Crippen LogP contribution in [0.15, 0.2) is 35.7 Å². The van der Waals surface area contributed by atoms with Gasteiger partial charge >= 0.3 is 0 Å². The Morgan fingerprint density at radius 2 is 2.00 bits per heavy atom. The van der Waals surface area contributed by atoms with E-state index in [4.69, 9.17) is 10.5 Å². The highest BCUT2D eigenvalue weighted by Gasteiger charge is 2.16. The molecule has 0 radical (unpaired) electrons. The van der Waals surface area contributed by atoms with Crippen molar-refractivity contribution >= 4 is 17.2 Å². The highest BCUT2D eigenvalue weighted by Crippen LogP contribution is 2.29. The number of hydrogen-bond donors (Lipinski definition) is 2. The first-order chi connectivity index (χ1) is 11.5. The Labute approximate surface area is 147 Å². The van der Waals surface area contributed by atoms with Gasteiger partial charge in [0.25, 0.3) is 0 Å². The van der Waals surface area contributed by atoms with E-state index in [1.165, 1.54) is 10.4 Å². The van der Waals surface area contributed by atoms with Gasteiger partial charge < -0.3 is 15.6 Å². The summed E-state index contributed by atoms with van der Waals surface area (Å²) in [6.07, 6.45) is 0.688. The van der Waals surface area contributed by atoms with Gasteiger partial charge in [0, 0.05) is 11.5 Å². The average molecular weight is 347 g/mol. The van der Waals surface area contributed by atoms with Crippen molar-refractivity contribution in [3.63, 3.8) is 0 Å². The molecule has 0 aliphatic rings. The summed E-state index contributed by atoms with van der Waals surface area (Å²) in [5, 5.41) is 12.4. The lowest BCUT2D eigenvalue weighted by Gasteiger charge is -2.15. The zero-order chi connectivity index (χ0) is 17.5. The number of thiophene rings is 1. The minimum absolute atomic E-state index is 0.443. The van der Waals surface area contributed by atoms with Crippen LogP contribution in [0.1, 0.15) is 43.4 Å². The second-order valence-corrected chi connectivity index (χ2v) is 6.81. The van der Waals surface area contributed by atoms with E-state index in [-0.39, 0.29) is 0 Å². The molecule has 0 aliphatic carbocycles. The van der Waals surface area contributed by atoms with Gasteiger partial charge in [-0.15, -0.1) is 11.3 Å². The second-order valence-electron chi connectivity index (χ2n) is 5.90. The Balaban J connectivity index is 1.88. The Bertz CT molecular complexity index is 651. The summed E-state index contributed by atoms with van der Waals surface area (Å²) in [5.41, 5.74) is 8.61. The van der Waals surface area contributed by atoms with E-state index in [2.05, 4.69) is 18.4 Å². The highest BCUT2D eigenvalue weighted by molar-refractivity contribution is 7.13. The van der Waals surface area contributed by atoms with Gasteiger partial charge in [0.1, 0.15) is 6.10 Å². The van der Waals surface area contributed by atoms with Crippen LogP contribution in [0.25, 0.3) is 10.4 Å². The maximum absolute atomic E-state index is 11.2. The van der Waals surface area contributed by atoms with Crippen LogP contribution in [0.3, 0.4) is 0 Å². The zero-order valence-electron chi connectivity index (χ0n) is 14.2. The standard InChI is InChI=1S/C19H25NO3S/c1-3-23-17(19(20)22)6-4-5-16(21)14-7-9-15(10-8-14)18-11-13(2)12-24-18/h7-12,16-17,21H,3-6H2,1-2H3,(H2,20,22). The first-order valence-corrected chi connectivity index (χ1v) is 9.13. The van der Waals surface area contributed by atoms with Crippen molar-refractivity contribution in [3.05, 3.63) is 46.8 Å². The molecule has 0 saturated carbocycles. The molecule has 2 aromatic rings. The van der Waals surface area contributed by atoms with E-state index in [0.29, 0.717) is 25.9 Å². The summed E-state index contributed by atoms with van der Waals surface area (Å²) in [6.45, 7) is 4.38. The van der Waals surface area contributed by atoms with Gasteiger partial charge in [-0.3, -0.25) is 4.79 Å². The number of aryl methyl sites for hydroxylation is 1. The van der Waals surface area contributed by atoms with Crippen molar-refractivity contribution in [2.75, 3.05) is 6.61 Å². The van der Waals surface area contributed by atoms with Crippen LogP contribution < -0.4 is 5.73 Å². The lowest BCUT2D eigenvalue weighted by atomic mass is 10.0. The fourth-order valence-corrected chi connectivity index (χ4v) is 3.53. The van der Waals surface area contributed by atoms with Crippen molar-refractivity contribution in [1.29, 1.82) is 0 Å². The number of carbonyl (C=O) groups is 1. The minimum atomic E-state index is -0.563. The highest BCUT2D eigenvalue weighted by atomic mass is 32.1. The monoisotopic (exact) mass is 347 g/mol. The van der Waals surface area contributed by atoms with Gasteiger partial charge in [0.15, 0.2) is 0 Å². The molecule has 3 N–H and O–H groups in total. The summed E-state index contributed by atoms with van der Waals surface area (Å²) in [4.78, 5) is 12.5. The molecule has 1 aromatic carbocycles. The topological polar surface area (TPSA) is 72.6 Å². The van der Waals surface area contributed by atoms with Gasteiger partial charge in [-0.25, -0.2) is 0 Å². The van der Waals surface area contributed by atoms with Crippen molar-refractivity contribution < 1.29 is 14.6 Å². The second kappa shape index (κ2) is 8.97. The molecule has 2 atom stereocenters. The third-order valence-corrected chi connectivity index (χ3v) is 5.04. The van der Waals surface area contributed by atoms with Crippen LogP contribution in [0, 0.1) is 6.92 Å². The Morgan fingerprint density at radius 3 is 2.54 bits per heavy atom. The van der Waals surface area contributed by atoms with Crippen LogP contribution in [0.4, 0.5) is 0 Å². The molecule has 1 heterocycles. The Kier molecular flexibility index (Phi) is 6.97. The zero-order valence-corrected chi connectivity index (χ0v) is 15.0. The number of benzene rings is 1. The third kappa shape index (κ3) is 5.16. The van der Waals surface area contributed by atoms with Gasteiger partial charge in [0.05, 0.1) is 6.10 Å². The third-order valence-electron chi connectivity index (χ3n) is 3.94. The van der Waals surface area contributed by atoms with Gasteiger partial charge in [-0.2, -0.15) is 0 Å². The number of rotatable bonds is 9. The predicted octanol–water partition coefficient (Wildman–Crippen LogP) is 3.82. The molecule has 1 amide bonds. The number of aliphatic hydroxyl groups is 1. The number of nitrogens with two attached hydrogens (primary N) is 1. The molecular formula is C19H25NO3S. The Morgan fingerprint density at radius 1 is 1.29 bits per heavy atom. The summed E-state index contributed by atoms with van der Waals surface area (Å²) in [5.74, 6) is -0.443. The first kappa shape index (κ1) is 18.6. The fourth-order valence-electron chi connectivity index (χ4n) is 2.62. The predicted molar refractivity (Wildman–Crippen MR) is 97.9 cm³/mol. The molecule has 0 aliphatic heterocycles. The molecule has 1 aromatic heterocycles. The summed E-state index contributed by atoms with van der Waals surface area (Å²) >= 11 is 1.72. The molecular weight excluding hydrogens is 322 g/mol. The average Bonchev–Trinajstić information content (AvgIpc) is 3.00. The van der Waals surface area contributed by atoms with Crippen molar-refractivity contribution in [3.8, 4) is 10.4 Å². The summed E-state index contributed by atoms with van der Waals surface area (Å²) < 4.78 is 5.30. The van der Waals surface area contributed by atoms with Crippen molar-refractivity contribution in [2.24, 2.45) is 5.73 Å². The van der Waals surface area contributed by atoms with Crippen LogP contribution in [-0.2, 0) is 9.53 Å². The van der Waals surface area contributed by atoms with Crippen LogP contribution in [0.2, 0.25) is 0 Å². The number of primary amides is 1. The maximum Gasteiger partial charge on any atom is 0.246 e. The van der Waals surface area contributed by atoms with E-state index < -0.39 is 18.1 Å². The van der Waals surface area contributed by atoms with E-state index in [0.717, 1.165) is 11.1 Å². The molecule has 0 fully saturated rings. The van der Waals surface area contributed by atoms with Gasteiger partial charge in [-0.1, -0.05) is 24.3 Å². The van der Waals surface area contributed by atoms with E-state index in [1.54, 1.807) is 11.3 Å². The molecule has 0 saturated heterocycles. The SMILES string of the molecule is CCOC(CCCC(O)c1ccc(-c2cc(C)cs2)cc1)C(N)=O. The summed E-state index contributed by atoms with van der Waals surface area (Å²) in [6, 6.07) is 10.2. The molecule has 5 heteroatoms. The maximum atomic E-state index is 11.2. The number of aliphatic hydroxyl groups excluding tert-OH is 1. The number of hydrogen-bond acceptors (Lipinski definition) is 4. The molecule has 2 rings (SSSR count). The molecule has 0 bridgehead atoms. The number of amides is 1. The van der Waals surface area contributed by atoms with Crippen molar-refractivity contribution in [1.82, 2.24) is 0 Å². The van der Waals surface area contributed by atoms with E-state index in [9.17, 15) is 9.90 Å². The van der Waals surface area contributed by atoms with Crippen LogP contribution >= 0.6 is 11.3 Å². The van der Waals surface area contributed by atoms with Crippen molar-refractivity contribution in [2.45, 2.75) is 45.3 Å². The lowest BCUT2D eigenvalue weighted by molar-refractivity contribution is -0.129. The molecule has 130 valence electrons. The van der Waals surface area contributed by atoms with Crippen LogP contribution in [-0.4, -0.2) is 23.7 Å². The van der Waals surface area contributed by atoms with Gasteiger partial charge in [0.2, 0.25) is 5.91 Å². The van der Waals surface area contributed by atoms with Gasteiger partial charge in [-0.05, 0) is 61.2 Å². The molecule has 4 nitrogen and oxygen atoms in total. The minimum Gasteiger partial charge on any atom is -0.388 e. The molecule has 24 heavy (non-hydrogen) atoms. The smallest absolute Gasteiger partial charge is 0.246 e. The molecule has 2 unspecified atom stereocenters. The largest absolute Gasteiger partial charge is 0.388 e.